The number of rotatable bonds is 5. The van der Waals surface area contributed by atoms with Crippen LogP contribution in [0.2, 0.25) is 0 Å². The van der Waals surface area contributed by atoms with Gasteiger partial charge in [-0.25, -0.2) is 0 Å². The van der Waals surface area contributed by atoms with E-state index in [1.165, 1.54) is 144 Å². The van der Waals surface area contributed by atoms with E-state index in [1.807, 2.05) is 0 Å². The first-order chi connectivity index (χ1) is 27.8. The highest BCUT2D eigenvalue weighted by Gasteiger charge is 2.25. The maximum atomic E-state index is 2.75. The molecule has 2 aliphatic heterocycles. The molecule has 2 heteroatoms. The van der Waals surface area contributed by atoms with Crippen molar-refractivity contribution in [2.24, 2.45) is 0 Å². The second kappa shape index (κ2) is 14.1. The number of hydrogen-bond acceptors (Lipinski definition) is 2. The Bertz CT molecular complexity index is 2900. The summed E-state index contributed by atoms with van der Waals surface area (Å²) in [5, 5.41) is 13.4. The summed E-state index contributed by atoms with van der Waals surface area (Å²) in [5.74, 6) is 0. The van der Waals surface area contributed by atoms with E-state index in [0.717, 1.165) is 19.5 Å². The van der Waals surface area contributed by atoms with Crippen molar-refractivity contribution in [2.75, 3.05) is 31.1 Å². The van der Waals surface area contributed by atoms with Gasteiger partial charge in [0.15, 0.2) is 0 Å². The van der Waals surface area contributed by atoms with Crippen molar-refractivity contribution in [2.45, 2.75) is 51.0 Å². The lowest BCUT2D eigenvalue weighted by atomic mass is 9.83. The Balaban J connectivity index is 1.17. The SMILES string of the molecule is C1=c2c(-c3ccc(-c4cc5ccccc5c5ccccc45)cc3)c3ccc(N4CCCCC4)cc3c(-c3cccc4ccccc34)c2=CCC1N1CCCCC1. The molecule has 0 saturated carbocycles. The van der Waals surface area contributed by atoms with Gasteiger partial charge in [-0.2, -0.15) is 0 Å². The summed E-state index contributed by atoms with van der Waals surface area (Å²) in [6, 6.07) is 53.4. The smallest absolute Gasteiger partial charge is 0.0372 e. The minimum absolute atomic E-state index is 0.412. The van der Waals surface area contributed by atoms with Gasteiger partial charge in [-0.15, -0.1) is 0 Å². The average Bonchev–Trinajstić information content (AvgIpc) is 3.28. The average molecular weight is 725 g/mol. The van der Waals surface area contributed by atoms with Crippen LogP contribution in [0.15, 0.2) is 140 Å². The van der Waals surface area contributed by atoms with Crippen molar-refractivity contribution in [3.63, 3.8) is 0 Å². The number of hydrogen-bond donors (Lipinski definition) is 0. The largest absolute Gasteiger partial charge is 0.372 e. The first-order valence-corrected chi connectivity index (χ1v) is 21.1. The van der Waals surface area contributed by atoms with Crippen molar-refractivity contribution >= 4 is 60.9 Å². The Morgan fingerprint density at radius 1 is 0.411 bits per heavy atom. The third kappa shape index (κ3) is 5.73. The van der Waals surface area contributed by atoms with Crippen LogP contribution < -0.4 is 15.3 Å². The molecular formula is C54H48N2. The molecule has 2 saturated heterocycles. The second-order valence-corrected chi connectivity index (χ2v) is 16.4. The molecule has 2 fully saturated rings. The van der Waals surface area contributed by atoms with Gasteiger partial charge in [-0.3, -0.25) is 4.90 Å². The van der Waals surface area contributed by atoms with E-state index in [1.54, 1.807) is 0 Å². The predicted octanol–water partition coefficient (Wildman–Crippen LogP) is 12.1. The van der Waals surface area contributed by atoms with Gasteiger partial charge in [0, 0.05) is 24.8 Å². The standard InChI is InChI=1S/C54H48N2/c1-9-30-55(31-10-1)41-27-29-49-51(35-41)53(39-24-22-38(23-25-39)50-34-40-15-4-6-18-44(40)45-19-7-8-20-46(45)50)48-28-26-42(56-32-11-2-12-33-56)36-52(48)54(49)47-21-13-16-37-14-3-5-17-43(37)47/h3-8,13-26,28-29,34-36,41H,1-2,9-12,27,30-33H2. The van der Waals surface area contributed by atoms with Crippen LogP contribution in [0.25, 0.3) is 88.6 Å². The van der Waals surface area contributed by atoms with Crippen molar-refractivity contribution in [3.8, 4) is 33.4 Å². The molecule has 0 aromatic heterocycles. The first kappa shape index (κ1) is 33.6. The Kier molecular flexibility index (Phi) is 8.47. The van der Waals surface area contributed by atoms with Gasteiger partial charge in [0.2, 0.25) is 0 Å². The van der Waals surface area contributed by atoms with Crippen molar-refractivity contribution in [1.29, 1.82) is 0 Å². The zero-order chi connectivity index (χ0) is 37.0. The molecule has 2 heterocycles. The van der Waals surface area contributed by atoms with Crippen molar-refractivity contribution in [1.82, 2.24) is 4.90 Å². The highest BCUT2D eigenvalue weighted by molar-refractivity contribution is 6.14. The summed E-state index contributed by atoms with van der Waals surface area (Å²) in [4.78, 5) is 5.38. The zero-order valence-corrected chi connectivity index (χ0v) is 32.2. The Labute approximate surface area is 330 Å². The van der Waals surface area contributed by atoms with Crippen LogP contribution >= 0.6 is 0 Å². The molecule has 8 aromatic carbocycles. The number of fused-ring (bicyclic) bond motifs is 6. The van der Waals surface area contributed by atoms with Crippen LogP contribution in [-0.4, -0.2) is 37.1 Å². The Hall–Kier alpha value is -5.70. The number of likely N-dealkylation sites (tertiary alicyclic amines) is 1. The van der Waals surface area contributed by atoms with E-state index >= 15 is 0 Å². The van der Waals surface area contributed by atoms with Crippen LogP contribution in [0.1, 0.15) is 44.9 Å². The van der Waals surface area contributed by atoms with Crippen LogP contribution in [0.5, 0.6) is 0 Å². The minimum atomic E-state index is 0.412. The fraction of sp³-hybridized carbons (Fsp3) is 0.222. The monoisotopic (exact) mass is 724 g/mol. The summed E-state index contributed by atoms with van der Waals surface area (Å²) >= 11 is 0. The van der Waals surface area contributed by atoms with Crippen LogP contribution in [0, 0.1) is 0 Å². The lowest BCUT2D eigenvalue weighted by molar-refractivity contribution is 0.201. The first-order valence-electron chi connectivity index (χ1n) is 21.1. The molecule has 1 aliphatic carbocycles. The van der Waals surface area contributed by atoms with Gasteiger partial charge in [0.25, 0.3) is 0 Å². The molecule has 3 aliphatic rings. The molecule has 2 nitrogen and oxygen atoms in total. The van der Waals surface area contributed by atoms with E-state index in [-0.39, 0.29) is 0 Å². The zero-order valence-electron chi connectivity index (χ0n) is 32.2. The van der Waals surface area contributed by atoms with E-state index < -0.39 is 0 Å². The molecule has 1 unspecified atom stereocenters. The van der Waals surface area contributed by atoms with Gasteiger partial charge in [-0.1, -0.05) is 140 Å². The quantitative estimate of drug-likeness (QED) is 0.163. The topological polar surface area (TPSA) is 6.48 Å². The number of piperidine rings is 2. The fourth-order valence-corrected chi connectivity index (χ4v) is 10.4. The molecule has 0 bridgehead atoms. The summed E-state index contributed by atoms with van der Waals surface area (Å²) < 4.78 is 0. The normalized spacial score (nSPS) is 17.6. The molecule has 0 radical (unpaired) electrons. The third-order valence-corrected chi connectivity index (χ3v) is 13.2. The molecule has 8 aromatic rings. The van der Waals surface area contributed by atoms with Crippen LogP contribution in [0.4, 0.5) is 5.69 Å². The summed E-state index contributed by atoms with van der Waals surface area (Å²) in [6.45, 7) is 4.65. The van der Waals surface area contributed by atoms with E-state index in [2.05, 4.69) is 161 Å². The number of anilines is 1. The molecule has 0 spiro atoms. The second-order valence-electron chi connectivity index (χ2n) is 16.4. The lowest BCUT2D eigenvalue weighted by Gasteiger charge is -2.34. The maximum Gasteiger partial charge on any atom is 0.0372 e. The third-order valence-electron chi connectivity index (χ3n) is 13.2. The molecule has 0 N–H and O–H groups in total. The maximum absolute atomic E-state index is 2.75. The minimum Gasteiger partial charge on any atom is -0.372 e. The summed E-state index contributed by atoms with van der Waals surface area (Å²) in [6.07, 6.45) is 14.1. The van der Waals surface area contributed by atoms with E-state index in [9.17, 15) is 0 Å². The summed E-state index contributed by atoms with van der Waals surface area (Å²) in [7, 11) is 0. The Morgan fingerprint density at radius 2 is 1.07 bits per heavy atom. The van der Waals surface area contributed by atoms with E-state index in [0.29, 0.717) is 6.04 Å². The molecule has 56 heavy (non-hydrogen) atoms. The van der Waals surface area contributed by atoms with Crippen LogP contribution in [-0.2, 0) is 0 Å². The van der Waals surface area contributed by atoms with Gasteiger partial charge in [0.05, 0.1) is 0 Å². The molecular weight excluding hydrogens is 677 g/mol. The van der Waals surface area contributed by atoms with E-state index in [4.69, 9.17) is 0 Å². The van der Waals surface area contributed by atoms with Gasteiger partial charge in [-0.05, 0) is 157 Å². The van der Waals surface area contributed by atoms with Gasteiger partial charge >= 0.3 is 0 Å². The molecule has 274 valence electrons. The van der Waals surface area contributed by atoms with Crippen molar-refractivity contribution in [3.05, 3.63) is 150 Å². The van der Waals surface area contributed by atoms with Gasteiger partial charge in [0.1, 0.15) is 0 Å². The Morgan fingerprint density at radius 3 is 1.88 bits per heavy atom. The molecule has 0 amide bonds. The predicted molar refractivity (Wildman–Crippen MR) is 241 cm³/mol. The summed E-state index contributed by atoms with van der Waals surface area (Å²) in [5.41, 5.74) is 9.30. The number of benzene rings is 8. The number of nitrogens with zero attached hydrogens (tertiary/aromatic N) is 2. The van der Waals surface area contributed by atoms with Gasteiger partial charge < -0.3 is 4.90 Å². The fourth-order valence-electron chi connectivity index (χ4n) is 10.4. The molecule has 11 rings (SSSR count). The highest BCUT2D eigenvalue weighted by atomic mass is 15.2. The highest BCUT2D eigenvalue weighted by Crippen LogP contribution is 2.40. The molecule has 1 atom stereocenters. The lowest BCUT2D eigenvalue weighted by Crippen LogP contribution is -2.43. The van der Waals surface area contributed by atoms with Crippen molar-refractivity contribution < 1.29 is 0 Å². The van der Waals surface area contributed by atoms with Crippen LogP contribution in [0.3, 0.4) is 0 Å².